The van der Waals surface area contributed by atoms with Crippen molar-refractivity contribution in [2.24, 2.45) is 11.8 Å². The van der Waals surface area contributed by atoms with Gasteiger partial charge in [-0.05, 0) is 18.8 Å². The molecular weight excluding hydrogens is 164 g/mol. The monoisotopic (exact) mass is 186 g/mol. The molecule has 0 bridgehead atoms. The van der Waals surface area contributed by atoms with E-state index in [9.17, 15) is 0 Å². The van der Waals surface area contributed by atoms with Crippen LogP contribution < -0.4 is 0 Å². The first-order chi connectivity index (χ1) is 6.11. The van der Waals surface area contributed by atoms with Crippen LogP contribution in [0.4, 0.5) is 0 Å². The van der Waals surface area contributed by atoms with Crippen LogP contribution in [0.3, 0.4) is 0 Å². The Balaban J connectivity index is 2.79. The van der Waals surface area contributed by atoms with Gasteiger partial charge in [0.1, 0.15) is 0 Å². The van der Waals surface area contributed by atoms with Crippen LogP contribution in [0.5, 0.6) is 0 Å². The van der Waals surface area contributed by atoms with Gasteiger partial charge in [0.05, 0.1) is 6.10 Å². The third-order valence-electron chi connectivity index (χ3n) is 3.66. The zero-order valence-electron chi connectivity index (χ0n) is 9.46. The number of hydrogen-bond donors (Lipinski definition) is 0. The summed E-state index contributed by atoms with van der Waals surface area (Å²) in [7, 11) is 1.75. The van der Waals surface area contributed by atoms with E-state index in [2.05, 4.69) is 27.7 Å². The van der Waals surface area contributed by atoms with Gasteiger partial charge in [-0.25, -0.2) is 0 Å². The molecule has 0 radical (unpaired) electrons. The van der Waals surface area contributed by atoms with E-state index < -0.39 is 0 Å². The van der Waals surface area contributed by atoms with Gasteiger partial charge in [0.25, 0.3) is 0 Å². The number of hydrogen-bond acceptors (Lipinski definition) is 2. The Bertz CT molecular complexity index is 163. The molecule has 78 valence electrons. The van der Waals surface area contributed by atoms with Crippen LogP contribution in [0.2, 0.25) is 0 Å². The summed E-state index contributed by atoms with van der Waals surface area (Å²) in [5.41, 5.74) is 0. The topological polar surface area (TPSA) is 18.5 Å². The van der Waals surface area contributed by atoms with Crippen LogP contribution in [-0.4, -0.2) is 19.0 Å². The molecule has 0 aliphatic carbocycles. The molecule has 1 aliphatic rings. The molecule has 1 aliphatic heterocycles. The quantitative estimate of drug-likeness (QED) is 0.674. The zero-order chi connectivity index (χ0) is 10.1. The lowest BCUT2D eigenvalue weighted by molar-refractivity contribution is -0.230. The molecule has 4 atom stereocenters. The van der Waals surface area contributed by atoms with E-state index in [1.165, 1.54) is 0 Å². The van der Waals surface area contributed by atoms with Gasteiger partial charge in [0, 0.05) is 13.0 Å². The summed E-state index contributed by atoms with van der Waals surface area (Å²) in [5, 5.41) is 0. The van der Waals surface area contributed by atoms with Crippen molar-refractivity contribution in [2.45, 2.75) is 52.4 Å². The van der Waals surface area contributed by atoms with Crippen molar-refractivity contribution in [3.05, 3.63) is 0 Å². The van der Waals surface area contributed by atoms with E-state index in [0.29, 0.717) is 17.9 Å². The fourth-order valence-electron chi connectivity index (χ4n) is 2.43. The van der Waals surface area contributed by atoms with Gasteiger partial charge in [-0.2, -0.15) is 0 Å². The normalized spacial score (nSPS) is 45.5. The Labute approximate surface area is 81.6 Å². The lowest BCUT2D eigenvalue weighted by atomic mass is 9.86. The Hall–Kier alpha value is -0.0800. The molecule has 2 heteroatoms. The summed E-state index contributed by atoms with van der Waals surface area (Å²) in [6.45, 7) is 8.79. The predicted molar refractivity (Wildman–Crippen MR) is 53.5 cm³/mol. The van der Waals surface area contributed by atoms with Gasteiger partial charge in [-0.3, -0.25) is 0 Å². The molecule has 2 nitrogen and oxygen atoms in total. The van der Waals surface area contributed by atoms with Crippen molar-refractivity contribution < 1.29 is 9.47 Å². The molecule has 4 unspecified atom stereocenters. The van der Waals surface area contributed by atoms with Gasteiger partial charge in [-0.1, -0.05) is 27.7 Å². The van der Waals surface area contributed by atoms with Crippen LogP contribution in [-0.2, 0) is 9.47 Å². The maximum absolute atomic E-state index is 6.00. The third kappa shape index (κ3) is 1.62. The molecule has 0 saturated carbocycles. The number of ether oxygens (including phenoxy) is 2. The molecule has 0 aromatic heterocycles. The average molecular weight is 186 g/mol. The fourth-order valence-corrected chi connectivity index (χ4v) is 2.43. The van der Waals surface area contributed by atoms with Gasteiger partial charge in [0.2, 0.25) is 0 Å². The molecule has 1 rings (SSSR count). The van der Waals surface area contributed by atoms with Crippen molar-refractivity contribution in [1.29, 1.82) is 0 Å². The van der Waals surface area contributed by atoms with Crippen molar-refractivity contribution in [3.63, 3.8) is 0 Å². The first-order valence-electron chi connectivity index (χ1n) is 5.34. The van der Waals surface area contributed by atoms with Crippen LogP contribution in [0.25, 0.3) is 0 Å². The highest BCUT2D eigenvalue weighted by Gasteiger charge is 2.49. The van der Waals surface area contributed by atoms with Crippen molar-refractivity contribution in [3.8, 4) is 0 Å². The fraction of sp³-hybridized carbons (Fsp3) is 1.00. The summed E-state index contributed by atoms with van der Waals surface area (Å²) in [5.74, 6) is 0.775. The minimum Gasteiger partial charge on any atom is -0.353 e. The maximum Gasteiger partial charge on any atom is 0.170 e. The largest absolute Gasteiger partial charge is 0.353 e. The van der Waals surface area contributed by atoms with Crippen molar-refractivity contribution in [2.75, 3.05) is 7.11 Å². The standard InChI is InChI=1S/C11H22O2/c1-6-10-8(3)9(4)11(7-2,12-5)13-10/h8-10H,6-7H2,1-5H3. The van der Waals surface area contributed by atoms with Crippen LogP contribution in [0.15, 0.2) is 0 Å². The third-order valence-corrected chi connectivity index (χ3v) is 3.66. The molecular formula is C11H22O2. The highest BCUT2D eigenvalue weighted by Crippen LogP contribution is 2.43. The Kier molecular flexibility index (Phi) is 3.36. The molecule has 1 heterocycles. The Morgan fingerprint density at radius 2 is 1.92 bits per heavy atom. The van der Waals surface area contributed by atoms with E-state index in [4.69, 9.17) is 9.47 Å². The van der Waals surface area contributed by atoms with Gasteiger partial charge < -0.3 is 9.47 Å². The summed E-state index contributed by atoms with van der Waals surface area (Å²) < 4.78 is 11.5. The first kappa shape index (κ1) is 11.0. The van der Waals surface area contributed by atoms with E-state index >= 15 is 0 Å². The second-order valence-electron chi connectivity index (χ2n) is 4.08. The highest BCUT2D eigenvalue weighted by molar-refractivity contribution is 4.90. The average Bonchev–Trinajstić information content (AvgIpc) is 2.42. The van der Waals surface area contributed by atoms with Crippen molar-refractivity contribution >= 4 is 0 Å². The minimum absolute atomic E-state index is 0.319. The maximum atomic E-state index is 6.00. The number of rotatable bonds is 3. The molecule has 1 fully saturated rings. The first-order valence-corrected chi connectivity index (χ1v) is 5.34. The number of methoxy groups -OCH3 is 1. The summed E-state index contributed by atoms with van der Waals surface area (Å²) in [6.07, 6.45) is 2.39. The predicted octanol–water partition coefficient (Wildman–Crippen LogP) is 2.82. The SMILES string of the molecule is CCC1OC(CC)(OC)C(C)C1C. The molecule has 0 aromatic rings. The Morgan fingerprint density at radius 1 is 1.31 bits per heavy atom. The van der Waals surface area contributed by atoms with Crippen molar-refractivity contribution in [1.82, 2.24) is 0 Å². The highest BCUT2D eigenvalue weighted by atomic mass is 16.7. The zero-order valence-corrected chi connectivity index (χ0v) is 9.46. The lowest BCUT2D eigenvalue weighted by Gasteiger charge is -2.30. The second-order valence-corrected chi connectivity index (χ2v) is 4.08. The summed E-state index contributed by atoms with van der Waals surface area (Å²) in [4.78, 5) is 0. The van der Waals surface area contributed by atoms with E-state index in [1.54, 1.807) is 7.11 Å². The van der Waals surface area contributed by atoms with E-state index in [0.717, 1.165) is 12.8 Å². The molecule has 1 saturated heterocycles. The smallest absolute Gasteiger partial charge is 0.170 e. The van der Waals surface area contributed by atoms with Gasteiger partial charge >= 0.3 is 0 Å². The molecule has 0 spiro atoms. The summed E-state index contributed by atoms with van der Waals surface area (Å²) in [6, 6.07) is 0. The molecule has 0 amide bonds. The van der Waals surface area contributed by atoms with Crippen LogP contribution in [0.1, 0.15) is 40.5 Å². The van der Waals surface area contributed by atoms with E-state index in [-0.39, 0.29) is 5.79 Å². The van der Waals surface area contributed by atoms with Crippen LogP contribution >= 0.6 is 0 Å². The summed E-state index contributed by atoms with van der Waals surface area (Å²) >= 11 is 0. The minimum atomic E-state index is -0.319. The molecule has 13 heavy (non-hydrogen) atoms. The Morgan fingerprint density at radius 3 is 2.15 bits per heavy atom. The second kappa shape index (κ2) is 3.97. The molecule has 0 N–H and O–H groups in total. The van der Waals surface area contributed by atoms with Crippen LogP contribution in [0, 0.1) is 11.8 Å². The van der Waals surface area contributed by atoms with Gasteiger partial charge in [0.15, 0.2) is 5.79 Å². The van der Waals surface area contributed by atoms with Gasteiger partial charge in [-0.15, -0.1) is 0 Å². The van der Waals surface area contributed by atoms with E-state index in [1.807, 2.05) is 0 Å². The molecule has 0 aromatic carbocycles. The lowest BCUT2D eigenvalue weighted by Crippen LogP contribution is -2.36.